The highest BCUT2D eigenvalue weighted by atomic mass is 28.3. The Hall–Kier alpha value is -7.79. The van der Waals surface area contributed by atoms with Gasteiger partial charge in [-0.3, -0.25) is 0 Å². The lowest BCUT2D eigenvalue weighted by Crippen LogP contribution is -2.56. The van der Waals surface area contributed by atoms with E-state index in [0.717, 1.165) is 56.1 Å². The molecule has 0 saturated heterocycles. The van der Waals surface area contributed by atoms with E-state index >= 15 is 4.39 Å². The molecule has 0 radical (unpaired) electrons. The summed E-state index contributed by atoms with van der Waals surface area (Å²) in [5.41, 5.74) is 14.1. The number of hydrogen-bond donors (Lipinski definition) is 0. The number of rotatable bonds is 9. The fourth-order valence-electron chi connectivity index (χ4n) is 9.86. The van der Waals surface area contributed by atoms with Gasteiger partial charge in [-0.2, -0.15) is 0 Å². The van der Waals surface area contributed by atoms with Crippen LogP contribution >= 0.6 is 0 Å². The first-order valence-electron chi connectivity index (χ1n) is 22.0. The number of halogens is 1. The van der Waals surface area contributed by atoms with Crippen LogP contribution in [0.1, 0.15) is 0 Å². The zero-order valence-corrected chi connectivity index (χ0v) is 36.8. The van der Waals surface area contributed by atoms with Crippen LogP contribution < -0.4 is 20.2 Å². The van der Waals surface area contributed by atoms with Gasteiger partial charge in [-0.25, -0.2) is 4.39 Å². The first-order valence-corrected chi connectivity index (χ1v) is 25.0. The Labute approximate surface area is 375 Å². The summed E-state index contributed by atoms with van der Waals surface area (Å²) < 4.78 is 17.5. The molecule has 1 aliphatic heterocycles. The number of anilines is 6. The highest BCUT2D eigenvalue weighted by molar-refractivity contribution is 7.03. The maximum Gasteiger partial charge on any atom is 0.148 e. The van der Waals surface area contributed by atoms with Gasteiger partial charge in [-0.15, -0.1) is 0 Å². The van der Waals surface area contributed by atoms with Crippen LogP contribution in [0.4, 0.5) is 38.5 Å². The Morgan fingerprint density at radius 3 is 1.55 bits per heavy atom. The lowest BCUT2D eigenvalue weighted by molar-refractivity contribution is 0.630. The van der Waals surface area contributed by atoms with Crippen LogP contribution in [-0.2, 0) is 0 Å². The van der Waals surface area contributed by atoms with Crippen LogP contribution in [0.15, 0.2) is 237 Å². The van der Waals surface area contributed by atoms with Crippen molar-refractivity contribution in [3.63, 3.8) is 0 Å². The summed E-state index contributed by atoms with van der Waals surface area (Å²) in [5, 5.41) is 5.11. The molecule has 0 atom stereocenters. The molecule has 11 rings (SSSR count). The molecule has 4 heteroatoms. The molecule has 0 fully saturated rings. The topological polar surface area (TPSA) is 6.48 Å². The van der Waals surface area contributed by atoms with Gasteiger partial charge < -0.3 is 9.80 Å². The average Bonchev–Trinajstić information content (AvgIpc) is 3.35. The number of para-hydroxylation sites is 3. The Morgan fingerprint density at radius 2 is 0.891 bits per heavy atom. The summed E-state index contributed by atoms with van der Waals surface area (Å²) in [5.74, 6) is -0.283. The molecule has 2 nitrogen and oxygen atoms in total. The first-order chi connectivity index (χ1) is 31.5. The van der Waals surface area contributed by atoms with Crippen molar-refractivity contribution >= 4 is 63.3 Å². The zero-order valence-electron chi connectivity index (χ0n) is 35.8. The fourth-order valence-corrected chi connectivity index (χ4v) is 13.0. The normalized spacial score (nSPS) is 12.4. The summed E-state index contributed by atoms with van der Waals surface area (Å²) in [6.45, 7) is 4.96. The minimum Gasteiger partial charge on any atom is -0.310 e. The van der Waals surface area contributed by atoms with Crippen molar-refractivity contribution in [2.24, 2.45) is 0 Å². The monoisotopic (exact) mass is 840 g/mol. The van der Waals surface area contributed by atoms with E-state index in [9.17, 15) is 0 Å². The van der Waals surface area contributed by atoms with Crippen LogP contribution in [0.25, 0.3) is 55.3 Å². The van der Waals surface area contributed by atoms with Crippen molar-refractivity contribution in [1.82, 2.24) is 0 Å². The summed E-state index contributed by atoms with van der Waals surface area (Å²) in [6.07, 6.45) is 0. The number of benzene rings is 10. The van der Waals surface area contributed by atoms with E-state index in [1.165, 1.54) is 38.0 Å². The fraction of sp³-hybridized carbons (Fsp3) is 0.0333. The third kappa shape index (κ3) is 6.71. The average molecular weight is 841 g/mol. The molecule has 0 aliphatic carbocycles. The lowest BCUT2D eigenvalue weighted by atomic mass is 9.93. The van der Waals surface area contributed by atoms with Crippen LogP contribution in [0.5, 0.6) is 0 Å². The van der Waals surface area contributed by atoms with E-state index in [2.05, 4.69) is 187 Å². The van der Waals surface area contributed by atoms with Crippen molar-refractivity contribution in [3.8, 4) is 44.5 Å². The lowest BCUT2D eigenvalue weighted by Gasteiger charge is -2.37. The summed E-state index contributed by atoms with van der Waals surface area (Å²) in [6, 6.07) is 82.8. The van der Waals surface area contributed by atoms with Gasteiger partial charge in [0.25, 0.3) is 0 Å². The van der Waals surface area contributed by atoms with E-state index in [-0.39, 0.29) is 5.82 Å². The maximum absolute atomic E-state index is 17.5. The molecular weight excluding hydrogens is 796 g/mol. The largest absolute Gasteiger partial charge is 0.310 e. The molecule has 10 aromatic carbocycles. The second-order valence-electron chi connectivity index (χ2n) is 17.0. The standard InChI is InChI=1S/C60H45FN2Si/c1-64(2)57-34-20-32-52-56(63(47-29-16-7-17-30-47)60-53(44-25-12-5-13-26-44)39-45(40-54(60)61)42-21-8-3-9-22-42)38-37-51(59(52)57)50-36-35-48(41-58(50)64)62(46-27-14-6-15-28-46)55-33-19-18-31-49(55)43-23-10-4-11-24-43/h3-41H,1-2H3. The zero-order chi connectivity index (χ0) is 43.2. The third-order valence-electron chi connectivity index (χ3n) is 12.9. The van der Waals surface area contributed by atoms with Gasteiger partial charge >= 0.3 is 0 Å². The second kappa shape index (κ2) is 16.2. The van der Waals surface area contributed by atoms with E-state index in [1.807, 2.05) is 66.7 Å². The molecule has 0 bridgehead atoms. The second-order valence-corrected chi connectivity index (χ2v) is 21.4. The summed E-state index contributed by atoms with van der Waals surface area (Å²) >= 11 is 0. The predicted molar refractivity (Wildman–Crippen MR) is 272 cm³/mol. The van der Waals surface area contributed by atoms with E-state index < -0.39 is 8.07 Å². The van der Waals surface area contributed by atoms with Crippen molar-refractivity contribution < 1.29 is 4.39 Å². The van der Waals surface area contributed by atoms with Crippen molar-refractivity contribution in [1.29, 1.82) is 0 Å². The first kappa shape index (κ1) is 39.1. The maximum atomic E-state index is 17.5. The number of fused-ring (bicyclic) bond motifs is 2. The van der Waals surface area contributed by atoms with Crippen molar-refractivity contribution in [2.75, 3.05) is 9.80 Å². The highest BCUT2D eigenvalue weighted by Crippen LogP contribution is 2.49. The molecule has 0 N–H and O–H groups in total. The number of nitrogens with zero attached hydrogens (tertiary/aromatic N) is 2. The van der Waals surface area contributed by atoms with E-state index in [4.69, 9.17) is 0 Å². The minimum atomic E-state index is -2.37. The van der Waals surface area contributed by atoms with Gasteiger partial charge in [-0.05, 0) is 110 Å². The minimum absolute atomic E-state index is 0.283. The van der Waals surface area contributed by atoms with Crippen molar-refractivity contribution in [3.05, 3.63) is 242 Å². The molecule has 0 spiro atoms. The molecule has 10 aromatic rings. The molecular formula is C60H45FN2Si. The Kier molecular flexibility index (Phi) is 9.86. The quantitative estimate of drug-likeness (QED) is 0.134. The van der Waals surface area contributed by atoms with Gasteiger partial charge in [-0.1, -0.05) is 189 Å². The summed E-state index contributed by atoms with van der Waals surface area (Å²) in [7, 11) is -2.37. The van der Waals surface area contributed by atoms with Gasteiger partial charge in [0.2, 0.25) is 0 Å². The summed E-state index contributed by atoms with van der Waals surface area (Å²) in [4.78, 5) is 4.55. The third-order valence-corrected chi connectivity index (χ3v) is 16.4. The molecule has 306 valence electrons. The van der Waals surface area contributed by atoms with Gasteiger partial charge in [0.1, 0.15) is 13.9 Å². The van der Waals surface area contributed by atoms with Crippen LogP contribution in [0, 0.1) is 5.82 Å². The van der Waals surface area contributed by atoms with Crippen LogP contribution in [0.3, 0.4) is 0 Å². The van der Waals surface area contributed by atoms with Gasteiger partial charge in [0.05, 0.1) is 17.1 Å². The van der Waals surface area contributed by atoms with Gasteiger partial charge in [0, 0.05) is 33.6 Å². The molecule has 0 amide bonds. The smallest absolute Gasteiger partial charge is 0.148 e. The number of hydrogen-bond acceptors (Lipinski definition) is 2. The Balaban J connectivity index is 1.11. The van der Waals surface area contributed by atoms with Gasteiger partial charge in [0.15, 0.2) is 0 Å². The molecule has 0 unspecified atom stereocenters. The molecule has 1 aliphatic rings. The predicted octanol–water partition coefficient (Wildman–Crippen LogP) is 15.7. The molecule has 64 heavy (non-hydrogen) atoms. The van der Waals surface area contributed by atoms with Crippen molar-refractivity contribution in [2.45, 2.75) is 13.1 Å². The van der Waals surface area contributed by atoms with Crippen LogP contribution in [-0.4, -0.2) is 8.07 Å². The molecule has 0 saturated carbocycles. The molecule has 0 aromatic heterocycles. The highest BCUT2D eigenvalue weighted by Gasteiger charge is 2.37. The van der Waals surface area contributed by atoms with E-state index in [1.54, 1.807) is 6.07 Å². The van der Waals surface area contributed by atoms with Crippen LogP contribution in [0.2, 0.25) is 13.1 Å². The SMILES string of the molecule is C[Si]1(C)c2cc(N(c3ccccc3)c3ccccc3-c3ccccc3)ccc2-c2ccc(N(c3ccccc3)c3c(F)cc(-c4ccccc4)cc3-c3ccccc3)c3cccc1c23. The Bertz CT molecular complexity index is 3300. The Morgan fingerprint density at radius 1 is 0.344 bits per heavy atom. The van der Waals surface area contributed by atoms with E-state index in [0.29, 0.717) is 5.69 Å². The molecule has 1 heterocycles.